The fourth-order valence-electron chi connectivity index (χ4n) is 1.51. The average molecular weight is 261 g/mol. The van der Waals surface area contributed by atoms with Crippen LogP contribution in [0.15, 0.2) is 0 Å². The van der Waals surface area contributed by atoms with Gasteiger partial charge in [0, 0.05) is 31.7 Å². The second-order valence-electron chi connectivity index (χ2n) is 6.22. The molecule has 0 aliphatic heterocycles. The number of nitrogens with one attached hydrogen (secondary N) is 1. The van der Waals surface area contributed by atoms with Crippen LogP contribution >= 0.6 is 0 Å². The summed E-state index contributed by atoms with van der Waals surface area (Å²) < 4.78 is 5.42. The highest BCUT2D eigenvalue weighted by Crippen LogP contribution is 2.10. The van der Waals surface area contributed by atoms with Crippen molar-refractivity contribution in [3.63, 3.8) is 0 Å². The van der Waals surface area contributed by atoms with Crippen molar-refractivity contribution >= 4 is 0 Å². The number of ether oxygens (including phenoxy) is 1. The Hall–Kier alpha value is -0.160. The maximum absolute atomic E-state index is 9.68. The van der Waals surface area contributed by atoms with Crippen molar-refractivity contribution < 1.29 is 14.9 Å². The van der Waals surface area contributed by atoms with Gasteiger partial charge in [0.2, 0.25) is 0 Å². The zero-order chi connectivity index (χ0) is 14.0. The highest BCUT2D eigenvalue weighted by Gasteiger charge is 2.16. The van der Waals surface area contributed by atoms with Gasteiger partial charge >= 0.3 is 0 Å². The van der Waals surface area contributed by atoms with E-state index >= 15 is 0 Å². The van der Waals surface area contributed by atoms with Crippen LogP contribution in [0.1, 0.15) is 40.5 Å². The van der Waals surface area contributed by atoms with E-state index in [0.29, 0.717) is 25.6 Å². The predicted molar refractivity (Wildman–Crippen MR) is 74.6 cm³/mol. The van der Waals surface area contributed by atoms with Gasteiger partial charge in [0.15, 0.2) is 0 Å². The van der Waals surface area contributed by atoms with Crippen LogP contribution in [0.5, 0.6) is 0 Å². The third-order valence-corrected chi connectivity index (χ3v) is 2.79. The molecule has 0 heterocycles. The summed E-state index contributed by atoms with van der Waals surface area (Å²) in [4.78, 5) is 0. The van der Waals surface area contributed by atoms with Crippen LogP contribution in [-0.2, 0) is 4.74 Å². The molecule has 0 aromatic rings. The standard InChI is InChI=1S/C14H31NO3/c1-12(2)6-5-7-18-9-13(17)8-15-10-14(3,4)11-16/h12-13,15-17H,5-11H2,1-4H3. The number of hydrogen-bond donors (Lipinski definition) is 3. The van der Waals surface area contributed by atoms with Crippen LogP contribution < -0.4 is 5.32 Å². The average Bonchev–Trinajstić information content (AvgIpc) is 2.28. The van der Waals surface area contributed by atoms with Crippen LogP contribution in [0, 0.1) is 11.3 Å². The van der Waals surface area contributed by atoms with Gasteiger partial charge in [-0.15, -0.1) is 0 Å². The van der Waals surface area contributed by atoms with Crippen LogP contribution in [-0.4, -0.2) is 49.2 Å². The summed E-state index contributed by atoms with van der Waals surface area (Å²) in [5.74, 6) is 0.709. The third-order valence-electron chi connectivity index (χ3n) is 2.79. The van der Waals surface area contributed by atoms with Crippen LogP contribution in [0.25, 0.3) is 0 Å². The first kappa shape index (κ1) is 17.8. The molecule has 0 aromatic carbocycles. The van der Waals surface area contributed by atoms with Crippen molar-refractivity contribution in [2.24, 2.45) is 11.3 Å². The summed E-state index contributed by atoms with van der Waals surface area (Å²) in [6.45, 7) is 10.8. The first-order valence-corrected chi connectivity index (χ1v) is 6.95. The summed E-state index contributed by atoms with van der Waals surface area (Å²) in [6.07, 6.45) is 1.74. The molecule has 3 N–H and O–H groups in total. The van der Waals surface area contributed by atoms with E-state index in [1.807, 2.05) is 13.8 Å². The Bertz CT molecular complexity index is 195. The van der Waals surface area contributed by atoms with E-state index in [4.69, 9.17) is 9.84 Å². The maximum Gasteiger partial charge on any atom is 0.0897 e. The Kier molecular flexibility index (Phi) is 9.64. The molecule has 0 bridgehead atoms. The highest BCUT2D eigenvalue weighted by atomic mass is 16.5. The van der Waals surface area contributed by atoms with E-state index < -0.39 is 6.10 Å². The lowest BCUT2D eigenvalue weighted by Crippen LogP contribution is -2.38. The molecule has 110 valence electrons. The van der Waals surface area contributed by atoms with Crippen molar-refractivity contribution in [2.45, 2.75) is 46.6 Å². The second-order valence-corrected chi connectivity index (χ2v) is 6.22. The summed E-state index contributed by atoms with van der Waals surface area (Å²) in [6, 6.07) is 0. The van der Waals surface area contributed by atoms with Gasteiger partial charge in [-0.25, -0.2) is 0 Å². The fourth-order valence-corrected chi connectivity index (χ4v) is 1.51. The molecule has 0 saturated heterocycles. The number of aliphatic hydroxyl groups excluding tert-OH is 2. The van der Waals surface area contributed by atoms with Gasteiger partial charge in [-0.05, 0) is 18.8 Å². The van der Waals surface area contributed by atoms with E-state index in [0.717, 1.165) is 13.0 Å². The van der Waals surface area contributed by atoms with Gasteiger partial charge in [0.05, 0.1) is 12.7 Å². The highest BCUT2D eigenvalue weighted by molar-refractivity contribution is 4.71. The Balaban J connectivity index is 3.40. The minimum Gasteiger partial charge on any atom is -0.396 e. The Morgan fingerprint density at radius 1 is 1.28 bits per heavy atom. The zero-order valence-corrected chi connectivity index (χ0v) is 12.4. The van der Waals surface area contributed by atoms with Gasteiger partial charge in [0.1, 0.15) is 0 Å². The van der Waals surface area contributed by atoms with Gasteiger partial charge in [-0.2, -0.15) is 0 Å². The van der Waals surface area contributed by atoms with Gasteiger partial charge in [-0.1, -0.05) is 27.7 Å². The molecule has 18 heavy (non-hydrogen) atoms. The molecule has 4 heteroatoms. The number of hydrogen-bond acceptors (Lipinski definition) is 4. The molecule has 0 aromatic heterocycles. The minimum absolute atomic E-state index is 0.141. The second kappa shape index (κ2) is 9.73. The number of aliphatic hydroxyl groups is 2. The van der Waals surface area contributed by atoms with E-state index in [1.165, 1.54) is 6.42 Å². The van der Waals surface area contributed by atoms with Crippen molar-refractivity contribution in [1.29, 1.82) is 0 Å². The SMILES string of the molecule is CC(C)CCCOCC(O)CNCC(C)(C)CO. The molecule has 0 spiro atoms. The molecule has 0 saturated carbocycles. The predicted octanol–water partition coefficient (Wildman–Crippen LogP) is 1.41. The quantitative estimate of drug-likeness (QED) is 0.492. The van der Waals surface area contributed by atoms with Crippen molar-refractivity contribution in [1.82, 2.24) is 5.32 Å². The summed E-state index contributed by atoms with van der Waals surface area (Å²) in [7, 11) is 0. The van der Waals surface area contributed by atoms with Crippen LogP contribution in [0.2, 0.25) is 0 Å². The van der Waals surface area contributed by atoms with E-state index in [1.54, 1.807) is 0 Å². The molecule has 0 fully saturated rings. The molecular formula is C14H31NO3. The Labute approximate surface area is 112 Å². The zero-order valence-electron chi connectivity index (χ0n) is 12.4. The lowest BCUT2D eigenvalue weighted by molar-refractivity contribution is 0.0328. The van der Waals surface area contributed by atoms with E-state index in [2.05, 4.69) is 19.2 Å². The molecule has 1 unspecified atom stereocenters. The molecule has 0 rings (SSSR count). The summed E-state index contributed by atoms with van der Waals surface area (Å²) in [5.41, 5.74) is -0.141. The molecule has 0 aliphatic carbocycles. The summed E-state index contributed by atoms with van der Waals surface area (Å²) >= 11 is 0. The van der Waals surface area contributed by atoms with Gasteiger partial charge in [-0.3, -0.25) is 0 Å². The van der Waals surface area contributed by atoms with Crippen LogP contribution in [0.3, 0.4) is 0 Å². The van der Waals surface area contributed by atoms with E-state index in [9.17, 15) is 5.11 Å². The van der Waals surface area contributed by atoms with Crippen LogP contribution in [0.4, 0.5) is 0 Å². The topological polar surface area (TPSA) is 61.7 Å². The van der Waals surface area contributed by atoms with Gasteiger partial charge < -0.3 is 20.3 Å². The molecule has 0 amide bonds. The largest absolute Gasteiger partial charge is 0.396 e. The summed E-state index contributed by atoms with van der Waals surface area (Å²) in [5, 5.41) is 21.9. The molecular weight excluding hydrogens is 230 g/mol. The Morgan fingerprint density at radius 3 is 2.50 bits per heavy atom. The van der Waals surface area contributed by atoms with E-state index in [-0.39, 0.29) is 12.0 Å². The van der Waals surface area contributed by atoms with Gasteiger partial charge in [0.25, 0.3) is 0 Å². The van der Waals surface area contributed by atoms with Crippen molar-refractivity contribution in [2.75, 3.05) is 32.9 Å². The third kappa shape index (κ3) is 11.0. The fraction of sp³-hybridized carbons (Fsp3) is 1.00. The maximum atomic E-state index is 9.68. The first-order valence-electron chi connectivity index (χ1n) is 6.95. The first-order chi connectivity index (χ1) is 8.37. The Morgan fingerprint density at radius 2 is 1.94 bits per heavy atom. The monoisotopic (exact) mass is 261 g/mol. The number of rotatable bonds is 11. The molecule has 0 radical (unpaired) electrons. The lowest BCUT2D eigenvalue weighted by Gasteiger charge is -2.23. The molecule has 4 nitrogen and oxygen atoms in total. The van der Waals surface area contributed by atoms with Crippen molar-refractivity contribution in [3.8, 4) is 0 Å². The lowest BCUT2D eigenvalue weighted by atomic mass is 9.95. The molecule has 1 atom stereocenters. The normalized spacial score (nSPS) is 14.2. The van der Waals surface area contributed by atoms with Crippen molar-refractivity contribution in [3.05, 3.63) is 0 Å². The smallest absolute Gasteiger partial charge is 0.0897 e. The minimum atomic E-state index is -0.474. The molecule has 0 aliphatic rings.